The number of aryl methyl sites for hydroxylation is 1. The van der Waals surface area contributed by atoms with Crippen molar-refractivity contribution in [2.45, 2.75) is 37.1 Å². The summed E-state index contributed by atoms with van der Waals surface area (Å²) in [7, 11) is -3.46. The van der Waals surface area contributed by atoms with Gasteiger partial charge in [0, 0.05) is 19.0 Å². The van der Waals surface area contributed by atoms with E-state index in [1.165, 1.54) is 0 Å². The minimum Gasteiger partial charge on any atom is -0.207 e. The monoisotopic (exact) mass is 346 g/mol. The average Bonchev–Trinajstić information content (AvgIpc) is 3.04. The summed E-state index contributed by atoms with van der Waals surface area (Å²) in [5, 5.41) is 8.64. The van der Waals surface area contributed by atoms with Crippen molar-refractivity contribution in [2.75, 3.05) is 13.1 Å². The number of hydrogen-bond acceptors (Lipinski definition) is 4. The number of nitrogens with zero attached hydrogens (tertiary/aromatic N) is 4. The number of aromatic nitrogens is 3. The molecule has 2 heterocycles. The van der Waals surface area contributed by atoms with E-state index in [0.29, 0.717) is 24.5 Å². The Bertz CT molecular complexity index is 811. The molecule has 7 heteroatoms. The van der Waals surface area contributed by atoms with Crippen molar-refractivity contribution in [3.8, 4) is 0 Å². The third-order valence-electron chi connectivity index (χ3n) is 4.31. The first kappa shape index (κ1) is 16.9. The van der Waals surface area contributed by atoms with Crippen LogP contribution in [0, 0.1) is 6.92 Å². The molecule has 24 heavy (non-hydrogen) atoms. The van der Waals surface area contributed by atoms with Crippen LogP contribution >= 0.6 is 0 Å². The molecule has 0 aliphatic carbocycles. The second kappa shape index (κ2) is 6.86. The molecule has 128 valence electrons. The summed E-state index contributed by atoms with van der Waals surface area (Å²) in [5.74, 6) is 0.0811. The fourth-order valence-corrected chi connectivity index (χ4v) is 4.49. The Hall–Kier alpha value is -1.99. The SMILES string of the molecule is C=CCn1ncc(C2CCCN(S(=O)(=O)c3ccc(C)cc3)C2)n1. The second-order valence-electron chi connectivity index (χ2n) is 6.13. The van der Waals surface area contributed by atoms with Gasteiger partial charge in [-0.25, -0.2) is 8.42 Å². The average molecular weight is 346 g/mol. The van der Waals surface area contributed by atoms with Gasteiger partial charge in [-0.3, -0.25) is 0 Å². The quantitative estimate of drug-likeness (QED) is 0.779. The molecule has 1 aromatic heterocycles. The first-order chi connectivity index (χ1) is 11.5. The standard InChI is InChI=1S/C17H22N4O2S/c1-3-10-21-18-12-17(19-21)15-5-4-11-20(13-15)24(22,23)16-8-6-14(2)7-9-16/h3,6-9,12,15H,1,4-5,10-11,13H2,2H3. The zero-order valence-corrected chi connectivity index (χ0v) is 14.6. The number of benzene rings is 1. The topological polar surface area (TPSA) is 68.1 Å². The molecule has 1 aliphatic heterocycles. The van der Waals surface area contributed by atoms with Gasteiger partial charge in [-0.2, -0.15) is 19.3 Å². The lowest BCUT2D eigenvalue weighted by Crippen LogP contribution is -2.39. The van der Waals surface area contributed by atoms with Crippen LogP contribution in [0.15, 0.2) is 48.0 Å². The molecule has 0 spiro atoms. The van der Waals surface area contributed by atoms with Gasteiger partial charge in [0.05, 0.1) is 23.3 Å². The second-order valence-corrected chi connectivity index (χ2v) is 8.07. The predicted molar refractivity (Wildman–Crippen MR) is 92.1 cm³/mol. The Morgan fingerprint density at radius 1 is 1.33 bits per heavy atom. The van der Waals surface area contributed by atoms with Crippen LogP contribution in [0.1, 0.15) is 30.0 Å². The third-order valence-corrected chi connectivity index (χ3v) is 6.19. The van der Waals surface area contributed by atoms with Crippen molar-refractivity contribution in [1.29, 1.82) is 0 Å². The molecule has 1 saturated heterocycles. The molecule has 0 bridgehead atoms. The highest BCUT2D eigenvalue weighted by atomic mass is 32.2. The molecule has 1 atom stereocenters. The van der Waals surface area contributed by atoms with Crippen molar-refractivity contribution in [2.24, 2.45) is 0 Å². The molecule has 2 aromatic rings. The van der Waals surface area contributed by atoms with Gasteiger partial charge in [0.1, 0.15) is 0 Å². The van der Waals surface area contributed by atoms with E-state index >= 15 is 0 Å². The molecular formula is C17H22N4O2S. The van der Waals surface area contributed by atoms with Crippen LogP contribution in [0.3, 0.4) is 0 Å². The molecule has 0 N–H and O–H groups in total. The van der Waals surface area contributed by atoms with Crippen LogP contribution in [-0.2, 0) is 16.6 Å². The van der Waals surface area contributed by atoms with Crippen LogP contribution in [0.25, 0.3) is 0 Å². The summed E-state index contributed by atoms with van der Waals surface area (Å²) in [6.07, 6.45) is 5.21. The molecule has 1 fully saturated rings. The molecule has 0 radical (unpaired) electrons. The highest BCUT2D eigenvalue weighted by Crippen LogP contribution is 2.29. The van der Waals surface area contributed by atoms with Crippen LogP contribution < -0.4 is 0 Å². The summed E-state index contributed by atoms with van der Waals surface area (Å²) >= 11 is 0. The minimum absolute atomic E-state index is 0.0811. The van der Waals surface area contributed by atoms with Crippen LogP contribution in [-0.4, -0.2) is 40.8 Å². The lowest BCUT2D eigenvalue weighted by atomic mass is 9.97. The van der Waals surface area contributed by atoms with E-state index < -0.39 is 10.0 Å². The summed E-state index contributed by atoms with van der Waals surface area (Å²) in [5.41, 5.74) is 1.89. The third kappa shape index (κ3) is 3.42. The van der Waals surface area contributed by atoms with Crippen LogP contribution in [0.2, 0.25) is 0 Å². The first-order valence-corrected chi connectivity index (χ1v) is 9.52. The number of piperidine rings is 1. The van der Waals surface area contributed by atoms with Gasteiger partial charge in [0.2, 0.25) is 10.0 Å². The fraction of sp³-hybridized carbons (Fsp3) is 0.412. The lowest BCUT2D eigenvalue weighted by molar-refractivity contribution is 0.311. The molecule has 1 unspecified atom stereocenters. The molecule has 0 amide bonds. The molecule has 6 nitrogen and oxygen atoms in total. The van der Waals surface area contributed by atoms with E-state index in [9.17, 15) is 8.42 Å². The number of allylic oxidation sites excluding steroid dienone is 1. The van der Waals surface area contributed by atoms with Crippen molar-refractivity contribution in [3.05, 3.63) is 54.4 Å². The van der Waals surface area contributed by atoms with Gasteiger partial charge >= 0.3 is 0 Å². The van der Waals surface area contributed by atoms with Crippen molar-refractivity contribution in [3.63, 3.8) is 0 Å². The first-order valence-electron chi connectivity index (χ1n) is 8.08. The normalized spacial score (nSPS) is 19.3. The van der Waals surface area contributed by atoms with Gasteiger partial charge in [-0.15, -0.1) is 6.58 Å². The Balaban J connectivity index is 1.79. The van der Waals surface area contributed by atoms with Crippen molar-refractivity contribution in [1.82, 2.24) is 19.3 Å². The largest absolute Gasteiger partial charge is 0.243 e. The zero-order valence-electron chi connectivity index (χ0n) is 13.8. The highest BCUT2D eigenvalue weighted by Gasteiger charge is 2.31. The van der Waals surface area contributed by atoms with Gasteiger partial charge < -0.3 is 0 Å². The fourth-order valence-electron chi connectivity index (χ4n) is 2.96. The number of hydrogen-bond donors (Lipinski definition) is 0. The van der Waals surface area contributed by atoms with E-state index in [-0.39, 0.29) is 5.92 Å². The smallest absolute Gasteiger partial charge is 0.207 e. The van der Waals surface area contributed by atoms with Crippen LogP contribution in [0.4, 0.5) is 0 Å². The number of sulfonamides is 1. The Kier molecular flexibility index (Phi) is 4.82. The van der Waals surface area contributed by atoms with E-state index in [0.717, 1.165) is 24.1 Å². The summed E-state index contributed by atoms with van der Waals surface area (Å²) in [6.45, 7) is 7.17. The van der Waals surface area contributed by atoms with E-state index in [2.05, 4.69) is 16.8 Å². The molecular weight excluding hydrogens is 324 g/mol. The minimum atomic E-state index is -3.46. The van der Waals surface area contributed by atoms with Gasteiger partial charge in [0.15, 0.2) is 0 Å². The summed E-state index contributed by atoms with van der Waals surface area (Å²) in [6, 6.07) is 7.01. The van der Waals surface area contributed by atoms with E-state index in [1.54, 1.807) is 33.5 Å². The number of rotatable bonds is 5. The molecule has 1 aromatic carbocycles. The lowest BCUT2D eigenvalue weighted by Gasteiger charge is -2.31. The maximum atomic E-state index is 12.9. The van der Waals surface area contributed by atoms with Gasteiger partial charge in [-0.1, -0.05) is 23.8 Å². The molecule has 0 saturated carbocycles. The molecule has 3 rings (SSSR count). The van der Waals surface area contributed by atoms with Crippen LogP contribution in [0.5, 0.6) is 0 Å². The van der Waals surface area contributed by atoms with E-state index in [1.807, 2.05) is 19.1 Å². The van der Waals surface area contributed by atoms with Gasteiger partial charge in [0.25, 0.3) is 0 Å². The summed E-state index contributed by atoms with van der Waals surface area (Å²) < 4.78 is 27.3. The zero-order chi connectivity index (χ0) is 17.2. The van der Waals surface area contributed by atoms with Gasteiger partial charge in [-0.05, 0) is 31.9 Å². The molecule has 1 aliphatic rings. The Labute approximate surface area is 142 Å². The highest BCUT2D eigenvalue weighted by molar-refractivity contribution is 7.89. The maximum absolute atomic E-state index is 12.9. The van der Waals surface area contributed by atoms with E-state index in [4.69, 9.17) is 0 Å². The predicted octanol–water partition coefficient (Wildman–Crippen LogP) is 2.34. The maximum Gasteiger partial charge on any atom is 0.243 e. The van der Waals surface area contributed by atoms with Crippen molar-refractivity contribution >= 4 is 10.0 Å². The Morgan fingerprint density at radius 3 is 2.79 bits per heavy atom. The van der Waals surface area contributed by atoms with Crippen molar-refractivity contribution < 1.29 is 8.42 Å². The Morgan fingerprint density at radius 2 is 2.08 bits per heavy atom. The summed E-state index contributed by atoms with van der Waals surface area (Å²) in [4.78, 5) is 1.93.